The lowest BCUT2D eigenvalue weighted by Gasteiger charge is -2.29. The van der Waals surface area contributed by atoms with Crippen LogP contribution in [0.1, 0.15) is 23.5 Å². The highest BCUT2D eigenvalue weighted by molar-refractivity contribution is 14.1. The average molecular weight is 300 g/mol. The quantitative estimate of drug-likeness (QED) is 0.746. The van der Waals surface area contributed by atoms with Gasteiger partial charge in [-0.15, -0.1) is 0 Å². The molecule has 0 amide bonds. The molecule has 1 aromatic carbocycles. The smallest absolute Gasteiger partial charge is 0.137 e. The summed E-state index contributed by atoms with van der Waals surface area (Å²) in [5.74, 6) is 1.30. The number of benzene rings is 1. The van der Waals surface area contributed by atoms with Gasteiger partial charge in [0.25, 0.3) is 0 Å². The van der Waals surface area contributed by atoms with Crippen molar-refractivity contribution in [1.29, 1.82) is 0 Å². The first-order chi connectivity index (χ1) is 6.68. The molecule has 0 bridgehead atoms. The van der Waals surface area contributed by atoms with Crippen LogP contribution in [-0.4, -0.2) is 10.9 Å². The molecule has 0 radical (unpaired) electrons. The first-order valence-electron chi connectivity index (χ1n) is 4.71. The zero-order valence-electron chi connectivity index (χ0n) is 7.46. The molecular formula is C11H9IO2. The summed E-state index contributed by atoms with van der Waals surface area (Å²) < 4.78 is 1.19. The molecule has 0 saturated heterocycles. The van der Waals surface area contributed by atoms with Crippen LogP contribution in [-0.2, 0) is 11.2 Å². The number of phenols is 1. The Kier molecular flexibility index (Phi) is 1.69. The highest BCUT2D eigenvalue weighted by atomic mass is 127. The van der Waals surface area contributed by atoms with Crippen molar-refractivity contribution >= 4 is 28.4 Å². The van der Waals surface area contributed by atoms with E-state index in [4.69, 9.17) is 0 Å². The van der Waals surface area contributed by atoms with E-state index in [2.05, 4.69) is 22.6 Å². The van der Waals surface area contributed by atoms with Crippen molar-refractivity contribution in [2.75, 3.05) is 0 Å². The Labute approximate surface area is 95.5 Å². The van der Waals surface area contributed by atoms with Gasteiger partial charge in [-0.1, -0.05) is 0 Å². The number of hydrogen-bond acceptors (Lipinski definition) is 2. The molecule has 2 nitrogen and oxygen atoms in total. The van der Waals surface area contributed by atoms with Crippen LogP contribution in [0.3, 0.4) is 0 Å². The molecule has 0 aliphatic heterocycles. The number of carbonyl (C=O) groups excluding carboxylic acids is 1. The van der Waals surface area contributed by atoms with Crippen molar-refractivity contribution in [2.24, 2.45) is 5.92 Å². The van der Waals surface area contributed by atoms with Gasteiger partial charge in [0.15, 0.2) is 0 Å². The molecule has 2 unspecified atom stereocenters. The monoisotopic (exact) mass is 300 g/mol. The number of fused-ring (bicyclic) bond motifs is 3. The number of phenolic OH excluding ortho intramolecular Hbond substituents is 1. The van der Waals surface area contributed by atoms with E-state index in [9.17, 15) is 9.90 Å². The largest absolute Gasteiger partial charge is 0.508 e. The molecule has 14 heavy (non-hydrogen) atoms. The second-order valence-corrected chi connectivity index (χ2v) is 5.21. The highest BCUT2D eigenvalue weighted by Gasteiger charge is 2.47. The summed E-state index contributed by atoms with van der Waals surface area (Å²) >= 11 is 2.29. The number of rotatable bonds is 0. The first-order valence-corrected chi connectivity index (χ1v) is 5.79. The zero-order valence-corrected chi connectivity index (χ0v) is 9.61. The molecule has 2 aliphatic rings. The van der Waals surface area contributed by atoms with Gasteiger partial charge in [0.1, 0.15) is 11.5 Å². The fourth-order valence-electron chi connectivity index (χ4n) is 2.59. The van der Waals surface area contributed by atoms with Crippen LogP contribution in [0.5, 0.6) is 5.75 Å². The molecule has 2 atom stereocenters. The SMILES string of the molecule is O=C1CC2c3c(I)ccc(O)c3CC12. The number of Topliss-reactive ketones (excluding diaryl/α,β-unsaturated/α-hetero) is 1. The molecule has 0 heterocycles. The second-order valence-electron chi connectivity index (χ2n) is 4.05. The van der Waals surface area contributed by atoms with E-state index < -0.39 is 0 Å². The molecule has 1 fully saturated rings. The van der Waals surface area contributed by atoms with Gasteiger partial charge >= 0.3 is 0 Å². The van der Waals surface area contributed by atoms with Gasteiger partial charge in [0.2, 0.25) is 0 Å². The lowest BCUT2D eigenvalue weighted by molar-refractivity contribution is -0.130. The molecular weight excluding hydrogens is 291 g/mol. The van der Waals surface area contributed by atoms with Gasteiger partial charge in [0.05, 0.1) is 0 Å². The third kappa shape index (κ3) is 0.935. The average Bonchev–Trinajstić information content (AvgIpc) is 2.47. The highest BCUT2D eigenvalue weighted by Crippen LogP contribution is 2.52. The van der Waals surface area contributed by atoms with Crippen molar-refractivity contribution in [2.45, 2.75) is 18.8 Å². The molecule has 3 heteroatoms. The van der Waals surface area contributed by atoms with Crippen molar-refractivity contribution in [3.63, 3.8) is 0 Å². The Bertz CT molecular complexity index is 439. The Hall–Kier alpha value is -0.580. The summed E-state index contributed by atoms with van der Waals surface area (Å²) in [7, 11) is 0. The van der Waals surface area contributed by atoms with Gasteiger partial charge in [-0.2, -0.15) is 0 Å². The van der Waals surface area contributed by atoms with E-state index in [0.717, 1.165) is 12.0 Å². The number of aromatic hydroxyl groups is 1. The normalized spacial score (nSPS) is 28.2. The van der Waals surface area contributed by atoms with Crippen LogP contribution < -0.4 is 0 Å². The first kappa shape index (κ1) is 8.71. The second kappa shape index (κ2) is 2.72. The zero-order chi connectivity index (χ0) is 9.87. The Morgan fingerprint density at radius 2 is 2.07 bits per heavy atom. The fourth-order valence-corrected chi connectivity index (χ4v) is 3.50. The van der Waals surface area contributed by atoms with Crippen LogP contribution in [0, 0.1) is 9.49 Å². The van der Waals surface area contributed by atoms with E-state index >= 15 is 0 Å². The maximum Gasteiger partial charge on any atom is 0.137 e. The summed E-state index contributed by atoms with van der Waals surface area (Å²) in [6.45, 7) is 0. The van der Waals surface area contributed by atoms with Gasteiger partial charge in [-0.25, -0.2) is 0 Å². The van der Waals surface area contributed by atoms with Crippen LogP contribution >= 0.6 is 22.6 Å². The number of ketones is 1. The van der Waals surface area contributed by atoms with E-state index in [0.29, 0.717) is 23.9 Å². The standard InChI is InChI=1S/C11H9IO2/c12-8-1-2-9(13)7-3-5-6(11(7)8)4-10(5)14/h1-2,5-6,13H,3-4H2. The van der Waals surface area contributed by atoms with E-state index in [-0.39, 0.29) is 5.92 Å². The Morgan fingerprint density at radius 3 is 2.79 bits per heavy atom. The molecule has 1 N–H and O–H groups in total. The fraction of sp³-hybridized carbons (Fsp3) is 0.364. The molecule has 1 aromatic rings. The van der Waals surface area contributed by atoms with Gasteiger partial charge < -0.3 is 5.11 Å². The van der Waals surface area contributed by atoms with Crippen molar-refractivity contribution in [1.82, 2.24) is 0 Å². The van der Waals surface area contributed by atoms with E-state index in [1.54, 1.807) is 6.07 Å². The van der Waals surface area contributed by atoms with Gasteiger partial charge in [-0.3, -0.25) is 4.79 Å². The molecule has 72 valence electrons. The van der Waals surface area contributed by atoms with Gasteiger partial charge in [-0.05, 0) is 52.3 Å². The number of carbonyl (C=O) groups is 1. The topological polar surface area (TPSA) is 37.3 Å². The van der Waals surface area contributed by atoms with Crippen molar-refractivity contribution < 1.29 is 9.90 Å². The minimum Gasteiger partial charge on any atom is -0.508 e. The predicted octanol–water partition coefficient (Wildman–Crippen LogP) is 2.23. The van der Waals surface area contributed by atoms with Gasteiger partial charge in [0, 0.05) is 21.8 Å². The molecule has 0 aromatic heterocycles. The molecule has 1 saturated carbocycles. The maximum absolute atomic E-state index is 11.3. The molecule has 3 rings (SSSR count). The minimum atomic E-state index is 0.173. The van der Waals surface area contributed by atoms with Crippen LogP contribution in [0.25, 0.3) is 0 Å². The van der Waals surface area contributed by atoms with E-state index in [1.165, 1.54) is 9.13 Å². The summed E-state index contributed by atoms with van der Waals surface area (Å²) in [5, 5.41) is 9.69. The van der Waals surface area contributed by atoms with Crippen molar-refractivity contribution in [3.05, 3.63) is 26.8 Å². The summed E-state index contributed by atoms with van der Waals surface area (Å²) in [6, 6.07) is 3.66. The van der Waals surface area contributed by atoms with Crippen LogP contribution in [0.2, 0.25) is 0 Å². The predicted molar refractivity (Wildman–Crippen MR) is 60.4 cm³/mol. The number of hydrogen-bond donors (Lipinski definition) is 1. The Morgan fingerprint density at radius 1 is 1.29 bits per heavy atom. The maximum atomic E-state index is 11.3. The molecule has 2 aliphatic carbocycles. The lowest BCUT2D eigenvalue weighted by atomic mass is 9.73. The van der Waals surface area contributed by atoms with E-state index in [1.807, 2.05) is 6.07 Å². The van der Waals surface area contributed by atoms with Crippen LogP contribution in [0.15, 0.2) is 12.1 Å². The number of halogens is 1. The van der Waals surface area contributed by atoms with Crippen molar-refractivity contribution in [3.8, 4) is 5.75 Å². The van der Waals surface area contributed by atoms with Crippen LogP contribution in [0.4, 0.5) is 0 Å². The molecule has 0 spiro atoms. The third-order valence-electron chi connectivity index (χ3n) is 3.39. The summed E-state index contributed by atoms with van der Waals surface area (Å²) in [5.41, 5.74) is 2.24. The third-order valence-corrected chi connectivity index (χ3v) is 4.34. The Balaban J connectivity index is 2.18. The minimum absolute atomic E-state index is 0.173. The summed E-state index contributed by atoms with van der Waals surface area (Å²) in [4.78, 5) is 11.3. The summed E-state index contributed by atoms with van der Waals surface area (Å²) in [6.07, 6.45) is 1.43. The lowest BCUT2D eigenvalue weighted by Crippen LogP contribution is -2.32.